The molecule has 3 heteroatoms. The molecule has 2 heterocycles. The highest BCUT2D eigenvalue weighted by Crippen LogP contribution is 2.30. The summed E-state index contributed by atoms with van der Waals surface area (Å²) in [5.41, 5.74) is 3.10. The van der Waals surface area contributed by atoms with Crippen LogP contribution in [-0.2, 0) is 12.8 Å². The topological polar surface area (TPSA) is 15.7 Å². The zero-order chi connectivity index (χ0) is 19.3. The van der Waals surface area contributed by atoms with Gasteiger partial charge in [-0.2, -0.15) is 0 Å². The van der Waals surface area contributed by atoms with E-state index in [4.69, 9.17) is 4.74 Å². The van der Waals surface area contributed by atoms with Gasteiger partial charge in [-0.25, -0.2) is 0 Å². The SMILES string of the molecule is CC1CC(C)CN(CCCOc2ccc3c(c2)CCC(CN2CCCC2)C3)C1. The average Bonchev–Trinajstić information content (AvgIpc) is 3.17. The highest BCUT2D eigenvalue weighted by Gasteiger charge is 2.23. The molecule has 0 aromatic heterocycles. The van der Waals surface area contributed by atoms with E-state index in [1.165, 1.54) is 83.4 Å². The van der Waals surface area contributed by atoms with E-state index >= 15 is 0 Å². The smallest absolute Gasteiger partial charge is 0.119 e. The second-order valence-corrected chi connectivity index (χ2v) is 9.95. The van der Waals surface area contributed by atoms with E-state index in [1.54, 1.807) is 5.56 Å². The van der Waals surface area contributed by atoms with E-state index < -0.39 is 0 Å². The van der Waals surface area contributed by atoms with Crippen LogP contribution in [-0.4, -0.2) is 55.7 Å². The van der Waals surface area contributed by atoms with E-state index in [2.05, 4.69) is 41.8 Å². The molecule has 1 aromatic rings. The van der Waals surface area contributed by atoms with Crippen molar-refractivity contribution in [1.29, 1.82) is 0 Å². The molecule has 1 aliphatic carbocycles. The lowest BCUT2D eigenvalue weighted by Gasteiger charge is -2.34. The summed E-state index contributed by atoms with van der Waals surface area (Å²) in [7, 11) is 0. The van der Waals surface area contributed by atoms with Crippen LogP contribution < -0.4 is 4.74 Å². The minimum absolute atomic E-state index is 0.843. The fraction of sp³-hybridized carbons (Fsp3) is 0.760. The maximum Gasteiger partial charge on any atom is 0.119 e. The van der Waals surface area contributed by atoms with E-state index in [0.717, 1.165) is 36.5 Å². The fourth-order valence-electron chi connectivity index (χ4n) is 5.84. The standard InChI is InChI=1S/C25H40N2O/c1-20-14-21(2)18-27(17-20)12-5-13-28-25-9-8-23-15-22(6-7-24(23)16-25)19-26-10-3-4-11-26/h8-9,16,20-22H,3-7,10-15,17-19H2,1-2H3. The predicted octanol–water partition coefficient (Wildman–Crippen LogP) is 4.63. The minimum atomic E-state index is 0.843. The maximum absolute atomic E-state index is 6.12. The molecule has 3 nitrogen and oxygen atoms in total. The highest BCUT2D eigenvalue weighted by atomic mass is 16.5. The van der Waals surface area contributed by atoms with Gasteiger partial charge in [0, 0.05) is 26.2 Å². The molecule has 0 N–H and O–H groups in total. The van der Waals surface area contributed by atoms with Crippen molar-refractivity contribution in [1.82, 2.24) is 9.80 Å². The van der Waals surface area contributed by atoms with Crippen LogP contribution in [0.15, 0.2) is 18.2 Å². The maximum atomic E-state index is 6.12. The number of ether oxygens (including phenoxy) is 1. The Hall–Kier alpha value is -1.06. The zero-order valence-electron chi connectivity index (χ0n) is 18.2. The summed E-state index contributed by atoms with van der Waals surface area (Å²) in [4.78, 5) is 5.31. The largest absolute Gasteiger partial charge is 0.494 e. The van der Waals surface area contributed by atoms with Crippen molar-refractivity contribution >= 4 is 0 Å². The van der Waals surface area contributed by atoms with Crippen molar-refractivity contribution in [2.24, 2.45) is 17.8 Å². The van der Waals surface area contributed by atoms with Crippen LogP contribution in [0.4, 0.5) is 0 Å². The summed E-state index contributed by atoms with van der Waals surface area (Å²) in [5.74, 6) is 3.63. The van der Waals surface area contributed by atoms with Gasteiger partial charge in [-0.15, -0.1) is 0 Å². The predicted molar refractivity (Wildman–Crippen MR) is 117 cm³/mol. The highest BCUT2D eigenvalue weighted by molar-refractivity contribution is 5.37. The summed E-state index contributed by atoms with van der Waals surface area (Å²) >= 11 is 0. The monoisotopic (exact) mass is 384 g/mol. The molecule has 2 aliphatic heterocycles. The quantitative estimate of drug-likeness (QED) is 0.637. The number of likely N-dealkylation sites (tertiary alicyclic amines) is 2. The van der Waals surface area contributed by atoms with E-state index in [-0.39, 0.29) is 0 Å². The zero-order valence-corrected chi connectivity index (χ0v) is 18.2. The van der Waals surface area contributed by atoms with Crippen LogP contribution in [0, 0.1) is 17.8 Å². The van der Waals surface area contributed by atoms with E-state index in [0.29, 0.717) is 0 Å². The molecule has 3 atom stereocenters. The number of aryl methyl sites for hydroxylation is 1. The molecule has 156 valence electrons. The number of nitrogens with zero attached hydrogens (tertiary/aromatic N) is 2. The fourth-order valence-corrected chi connectivity index (χ4v) is 5.84. The second kappa shape index (κ2) is 9.63. The average molecular weight is 385 g/mol. The molecule has 0 radical (unpaired) electrons. The number of fused-ring (bicyclic) bond motifs is 1. The lowest BCUT2D eigenvalue weighted by molar-refractivity contribution is 0.132. The Morgan fingerprint density at radius 3 is 2.57 bits per heavy atom. The van der Waals surface area contributed by atoms with Gasteiger partial charge in [0.05, 0.1) is 6.61 Å². The Balaban J connectivity index is 1.20. The van der Waals surface area contributed by atoms with Crippen molar-refractivity contribution in [3.63, 3.8) is 0 Å². The molecule has 2 fully saturated rings. The van der Waals surface area contributed by atoms with Gasteiger partial charge in [0.15, 0.2) is 0 Å². The molecule has 1 aromatic carbocycles. The number of hydrogen-bond acceptors (Lipinski definition) is 3. The second-order valence-electron chi connectivity index (χ2n) is 9.95. The summed E-state index contributed by atoms with van der Waals surface area (Å²) in [5, 5.41) is 0. The molecular weight excluding hydrogens is 344 g/mol. The Labute approximate surface area is 172 Å². The summed E-state index contributed by atoms with van der Waals surface area (Å²) < 4.78 is 6.12. The molecule has 4 rings (SSSR count). The third kappa shape index (κ3) is 5.51. The van der Waals surface area contributed by atoms with Gasteiger partial charge in [-0.05, 0) is 99.0 Å². The van der Waals surface area contributed by atoms with Crippen LogP contribution in [0.1, 0.15) is 57.1 Å². The van der Waals surface area contributed by atoms with E-state index in [9.17, 15) is 0 Å². The first-order valence-electron chi connectivity index (χ1n) is 11.8. The molecule has 0 spiro atoms. The van der Waals surface area contributed by atoms with Gasteiger partial charge >= 0.3 is 0 Å². The van der Waals surface area contributed by atoms with Gasteiger partial charge < -0.3 is 14.5 Å². The number of hydrogen-bond donors (Lipinski definition) is 0. The molecule has 0 amide bonds. The van der Waals surface area contributed by atoms with Crippen molar-refractivity contribution in [2.45, 2.75) is 58.8 Å². The Morgan fingerprint density at radius 2 is 1.79 bits per heavy atom. The number of benzene rings is 1. The van der Waals surface area contributed by atoms with Gasteiger partial charge in [0.1, 0.15) is 5.75 Å². The molecule has 28 heavy (non-hydrogen) atoms. The summed E-state index contributed by atoms with van der Waals surface area (Å²) in [6.45, 7) is 13.3. The first-order chi connectivity index (χ1) is 13.7. The Kier molecular flexibility index (Phi) is 6.95. The van der Waals surface area contributed by atoms with Crippen LogP contribution >= 0.6 is 0 Å². The Bertz CT molecular complexity index is 615. The summed E-state index contributed by atoms with van der Waals surface area (Å²) in [6, 6.07) is 6.88. The van der Waals surface area contributed by atoms with Crippen molar-refractivity contribution in [2.75, 3.05) is 45.9 Å². The molecule has 3 unspecified atom stereocenters. The first-order valence-corrected chi connectivity index (χ1v) is 11.8. The van der Waals surface area contributed by atoms with Crippen molar-refractivity contribution < 1.29 is 4.74 Å². The number of piperidine rings is 1. The van der Waals surface area contributed by atoms with Crippen LogP contribution in [0.3, 0.4) is 0 Å². The van der Waals surface area contributed by atoms with Crippen molar-refractivity contribution in [3.05, 3.63) is 29.3 Å². The minimum Gasteiger partial charge on any atom is -0.494 e. The normalized spacial score (nSPS) is 29.0. The molecule has 2 saturated heterocycles. The van der Waals surface area contributed by atoms with Gasteiger partial charge in [0.2, 0.25) is 0 Å². The number of rotatable bonds is 7. The lowest BCUT2D eigenvalue weighted by Crippen LogP contribution is -2.39. The molecule has 0 saturated carbocycles. The van der Waals surface area contributed by atoms with Gasteiger partial charge in [-0.3, -0.25) is 0 Å². The summed E-state index contributed by atoms with van der Waals surface area (Å²) in [6.07, 6.45) is 9.17. The van der Waals surface area contributed by atoms with E-state index in [1.807, 2.05) is 0 Å². The van der Waals surface area contributed by atoms with Gasteiger partial charge in [-0.1, -0.05) is 19.9 Å². The van der Waals surface area contributed by atoms with Crippen LogP contribution in [0.5, 0.6) is 5.75 Å². The van der Waals surface area contributed by atoms with Crippen LogP contribution in [0.2, 0.25) is 0 Å². The lowest BCUT2D eigenvalue weighted by atomic mass is 9.83. The molecule has 3 aliphatic rings. The molecule has 0 bridgehead atoms. The molecular formula is C25H40N2O. The Morgan fingerprint density at radius 1 is 1.00 bits per heavy atom. The third-order valence-electron chi connectivity index (χ3n) is 7.06. The van der Waals surface area contributed by atoms with Crippen LogP contribution in [0.25, 0.3) is 0 Å². The third-order valence-corrected chi connectivity index (χ3v) is 7.06. The van der Waals surface area contributed by atoms with Crippen molar-refractivity contribution in [3.8, 4) is 5.75 Å². The van der Waals surface area contributed by atoms with Gasteiger partial charge in [0.25, 0.3) is 0 Å². The first kappa shape index (κ1) is 20.2.